The zero-order chi connectivity index (χ0) is 20.8. The molecule has 1 saturated carbocycles. The van der Waals surface area contributed by atoms with E-state index in [4.69, 9.17) is 9.47 Å². The summed E-state index contributed by atoms with van der Waals surface area (Å²) in [6.45, 7) is 9.58. The highest BCUT2D eigenvalue weighted by Gasteiger charge is 2.44. The van der Waals surface area contributed by atoms with Crippen molar-refractivity contribution in [2.45, 2.75) is 105 Å². The maximum absolute atomic E-state index is 12.8. The molecule has 0 radical (unpaired) electrons. The number of unbranched alkanes of at least 4 members (excludes halogenated alkanes) is 8. The van der Waals surface area contributed by atoms with Crippen molar-refractivity contribution in [1.29, 1.82) is 0 Å². The summed E-state index contributed by atoms with van der Waals surface area (Å²) >= 11 is 0. The molecule has 0 N–H and O–H groups in total. The molecule has 164 valence electrons. The van der Waals surface area contributed by atoms with E-state index in [9.17, 15) is 9.59 Å². The number of carbonyl (C=O) groups is 2. The van der Waals surface area contributed by atoms with E-state index in [0.717, 1.165) is 38.5 Å². The van der Waals surface area contributed by atoms with Crippen LogP contribution in [-0.2, 0) is 19.1 Å². The topological polar surface area (TPSA) is 52.6 Å². The Kier molecular flexibility index (Phi) is 13.3. The molecule has 0 spiro atoms. The normalized spacial score (nSPS) is 24.7. The highest BCUT2D eigenvalue weighted by molar-refractivity contribution is 5.82. The largest absolute Gasteiger partial charge is 0.465 e. The van der Waals surface area contributed by atoms with Crippen LogP contribution in [-0.4, -0.2) is 25.2 Å². The smallest absolute Gasteiger partial charge is 0.310 e. The zero-order valence-corrected chi connectivity index (χ0v) is 18.8. The first-order valence-corrected chi connectivity index (χ1v) is 11.9. The Morgan fingerprint density at radius 2 is 1.21 bits per heavy atom. The molecule has 1 aliphatic carbocycles. The molecule has 0 bridgehead atoms. The van der Waals surface area contributed by atoms with Gasteiger partial charge < -0.3 is 9.47 Å². The molecule has 0 aliphatic heterocycles. The number of carbonyl (C=O) groups excluding carboxylic acids is 2. The summed E-state index contributed by atoms with van der Waals surface area (Å²) in [5.41, 5.74) is 0. The first kappa shape index (κ1) is 25.0. The summed E-state index contributed by atoms with van der Waals surface area (Å²) in [5.74, 6) is -0.497. The fourth-order valence-electron chi connectivity index (χ4n) is 4.21. The molecular formula is C24H44O4. The molecule has 1 fully saturated rings. The van der Waals surface area contributed by atoms with Gasteiger partial charge in [-0.05, 0) is 37.5 Å². The Morgan fingerprint density at radius 1 is 0.714 bits per heavy atom. The second kappa shape index (κ2) is 14.9. The maximum atomic E-state index is 12.8. The molecule has 0 aromatic carbocycles. The minimum atomic E-state index is -0.355. The monoisotopic (exact) mass is 396 g/mol. The number of rotatable bonds is 14. The average molecular weight is 397 g/mol. The van der Waals surface area contributed by atoms with E-state index in [1.54, 1.807) is 0 Å². The fraction of sp³-hybridized carbons (Fsp3) is 0.917. The van der Waals surface area contributed by atoms with E-state index in [1.807, 2.05) is 0 Å². The molecule has 1 rings (SSSR count). The second-order valence-electron chi connectivity index (χ2n) is 8.71. The minimum absolute atomic E-state index is 0.156. The van der Waals surface area contributed by atoms with E-state index >= 15 is 0 Å². The predicted octanol–water partition coefficient (Wildman–Crippen LogP) is 6.31. The van der Waals surface area contributed by atoms with Crippen molar-refractivity contribution in [2.24, 2.45) is 23.7 Å². The van der Waals surface area contributed by atoms with Crippen molar-refractivity contribution >= 4 is 11.9 Å². The summed E-state index contributed by atoms with van der Waals surface area (Å²) in [6, 6.07) is 0. The number of ether oxygens (including phenoxy) is 2. The van der Waals surface area contributed by atoms with Crippen LogP contribution in [0.5, 0.6) is 0 Å². The van der Waals surface area contributed by atoms with Crippen molar-refractivity contribution in [3.8, 4) is 0 Å². The van der Waals surface area contributed by atoms with Crippen molar-refractivity contribution < 1.29 is 19.1 Å². The maximum Gasteiger partial charge on any atom is 0.310 e. The van der Waals surface area contributed by atoms with Crippen LogP contribution in [0.1, 0.15) is 105 Å². The van der Waals surface area contributed by atoms with Gasteiger partial charge >= 0.3 is 11.9 Å². The summed E-state index contributed by atoms with van der Waals surface area (Å²) in [4.78, 5) is 25.4. The standard InChI is InChI=1S/C24H44O4/c1-5-7-9-11-13-17-27-23(25)21-16-15-19(3)20(4)22(21)24(26)28-18-14-12-10-8-6-2/h19-22H,5-18H2,1-4H3. The van der Waals surface area contributed by atoms with Gasteiger partial charge in [0.15, 0.2) is 0 Å². The molecule has 4 atom stereocenters. The highest BCUT2D eigenvalue weighted by atomic mass is 16.5. The van der Waals surface area contributed by atoms with E-state index in [1.165, 1.54) is 38.5 Å². The third kappa shape index (κ3) is 8.96. The van der Waals surface area contributed by atoms with E-state index in [2.05, 4.69) is 27.7 Å². The van der Waals surface area contributed by atoms with Gasteiger partial charge in [0.2, 0.25) is 0 Å². The predicted molar refractivity (Wildman–Crippen MR) is 114 cm³/mol. The molecule has 4 heteroatoms. The lowest BCUT2D eigenvalue weighted by Gasteiger charge is -2.37. The van der Waals surface area contributed by atoms with Crippen molar-refractivity contribution in [3.05, 3.63) is 0 Å². The van der Waals surface area contributed by atoms with E-state index < -0.39 is 0 Å². The molecule has 0 aromatic rings. The third-order valence-corrected chi connectivity index (χ3v) is 6.39. The Morgan fingerprint density at radius 3 is 1.75 bits per heavy atom. The number of hydrogen-bond donors (Lipinski definition) is 0. The molecule has 0 saturated heterocycles. The summed E-state index contributed by atoms with van der Waals surface area (Å²) in [7, 11) is 0. The van der Waals surface area contributed by atoms with Gasteiger partial charge in [0.25, 0.3) is 0 Å². The molecule has 0 heterocycles. The van der Waals surface area contributed by atoms with Gasteiger partial charge in [-0.1, -0.05) is 79.1 Å². The molecule has 0 aromatic heterocycles. The second-order valence-corrected chi connectivity index (χ2v) is 8.71. The number of esters is 2. The molecular weight excluding hydrogens is 352 g/mol. The Bertz CT molecular complexity index is 434. The summed E-state index contributed by atoms with van der Waals surface area (Å²) < 4.78 is 11.1. The zero-order valence-electron chi connectivity index (χ0n) is 18.8. The van der Waals surface area contributed by atoms with Gasteiger partial charge in [-0.2, -0.15) is 0 Å². The number of hydrogen-bond acceptors (Lipinski definition) is 4. The van der Waals surface area contributed by atoms with Crippen molar-refractivity contribution in [2.75, 3.05) is 13.2 Å². The van der Waals surface area contributed by atoms with E-state index in [-0.39, 0.29) is 29.7 Å². The van der Waals surface area contributed by atoms with Crippen molar-refractivity contribution in [3.63, 3.8) is 0 Å². The minimum Gasteiger partial charge on any atom is -0.465 e. The van der Waals surface area contributed by atoms with Crippen molar-refractivity contribution in [1.82, 2.24) is 0 Å². The molecule has 0 amide bonds. The van der Waals surface area contributed by atoms with Crippen LogP contribution >= 0.6 is 0 Å². The Labute approximate surface area is 173 Å². The van der Waals surface area contributed by atoms with Crippen LogP contribution in [0.4, 0.5) is 0 Å². The SMILES string of the molecule is CCCCCCCOC(=O)C1CCC(C)C(C)C1C(=O)OCCCCCCC. The van der Waals surface area contributed by atoms with Gasteiger partial charge in [0.05, 0.1) is 25.0 Å². The van der Waals surface area contributed by atoms with Gasteiger partial charge in [-0.3, -0.25) is 9.59 Å². The Balaban J connectivity index is 2.47. The quantitative estimate of drug-likeness (QED) is 0.255. The lowest BCUT2D eigenvalue weighted by Crippen LogP contribution is -2.42. The van der Waals surface area contributed by atoms with Crippen LogP contribution in [0.15, 0.2) is 0 Å². The van der Waals surface area contributed by atoms with E-state index in [0.29, 0.717) is 19.1 Å². The molecule has 1 aliphatic rings. The van der Waals surface area contributed by atoms with Gasteiger partial charge in [-0.25, -0.2) is 0 Å². The van der Waals surface area contributed by atoms with Crippen LogP contribution < -0.4 is 0 Å². The molecule has 4 unspecified atom stereocenters. The summed E-state index contributed by atoms with van der Waals surface area (Å²) in [5, 5.41) is 0. The lowest BCUT2D eigenvalue weighted by atomic mass is 9.68. The Hall–Kier alpha value is -1.06. The lowest BCUT2D eigenvalue weighted by molar-refractivity contribution is -0.167. The molecule has 28 heavy (non-hydrogen) atoms. The van der Waals surface area contributed by atoms with Crippen LogP contribution in [0, 0.1) is 23.7 Å². The van der Waals surface area contributed by atoms with Gasteiger partial charge in [0.1, 0.15) is 0 Å². The summed E-state index contributed by atoms with van der Waals surface area (Å²) in [6.07, 6.45) is 13.0. The van der Waals surface area contributed by atoms with Gasteiger partial charge in [0, 0.05) is 0 Å². The van der Waals surface area contributed by atoms with Gasteiger partial charge in [-0.15, -0.1) is 0 Å². The third-order valence-electron chi connectivity index (χ3n) is 6.39. The first-order valence-electron chi connectivity index (χ1n) is 11.9. The van der Waals surface area contributed by atoms with Crippen LogP contribution in [0.25, 0.3) is 0 Å². The van der Waals surface area contributed by atoms with Crippen LogP contribution in [0.3, 0.4) is 0 Å². The first-order chi connectivity index (χ1) is 13.5. The average Bonchev–Trinajstić information content (AvgIpc) is 2.68. The van der Waals surface area contributed by atoms with Crippen LogP contribution in [0.2, 0.25) is 0 Å². The fourth-order valence-corrected chi connectivity index (χ4v) is 4.21. The highest BCUT2D eigenvalue weighted by Crippen LogP contribution is 2.40. The molecule has 4 nitrogen and oxygen atoms in total.